The molecule has 0 radical (unpaired) electrons. The van der Waals surface area contributed by atoms with E-state index in [4.69, 9.17) is 10.00 Å². The molecular weight excluding hydrogens is 188 g/mol. The van der Waals surface area contributed by atoms with Gasteiger partial charge in [0.05, 0.1) is 19.7 Å². The molecule has 1 aromatic rings. The summed E-state index contributed by atoms with van der Waals surface area (Å²) in [7, 11) is 1.66. The first kappa shape index (κ1) is 11.5. The maximum Gasteiger partial charge on any atom is 0.119 e. The monoisotopic (exact) mass is 204 g/mol. The van der Waals surface area contributed by atoms with Gasteiger partial charge in [-0.05, 0) is 24.2 Å². The largest absolute Gasteiger partial charge is 0.497 e. The van der Waals surface area contributed by atoms with Gasteiger partial charge in [-0.25, -0.2) is 0 Å². The summed E-state index contributed by atoms with van der Waals surface area (Å²) < 4.78 is 5.15. The number of nitriles is 1. The molecule has 80 valence electrons. The Balaban J connectivity index is 2.66. The van der Waals surface area contributed by atoms with Gasteiger partial charge in [0.25, 0.3) is 0 Å². The Kier molecular flexibility index (Phi) is 4.65. The summed E-state index contributed by atoms with van der Waals surface area (Å²) in [6.45, 7) is 4.19. The van der Waals surface area contributed by atoms with E-state index in [1.807, 2.05) is 24.3 Å². The third-order valence-corrected chi connectivity index (χ3v) is 2.28. The van der Waals surface area contributed by atoms with Crippen LogP contribution < -0.4 is 4.74 Å². The normalized spacial score (nSPS) is 10.0. The van der Waals surface area contributed by atoms with Gasteiger partial charge < -0.3 is 4.74 Å². The highest BCUT2D eigenvalue weighted by Gasteiger charge is 2.03. The highest BCUT2D eigenvalue weighted by Crippen LogP contribution is 2.13. The zero-order chi connectivity index (χ0) is 11.1. The van der Waals surface area contributed by atoms with E-state index in [1.165, 1.54) is 5.56 Å². The third kappa shape index (κ3) is 3.61. The van der Waals surface area contributed by atoms with E-state index in [0.717, 1.165) is 18.8 Å². The molecule has 0 atom stereocenters. The molecule has 0 aliphatic carbocycles. The minimum atomic E-state index is 0.466. The molecule has 3 nitrogen and oxygen atoms in total. The molecule has 0 bridgehead atoms. The predicted molar refractivity (Wildman–Crippen MR) is 59.6 cm³/mol. The van der Waals surface area contributed by atoms with Gasteiger partial charge in [-0.3, -0.25) is 4.90 Å². The van der Waals surface area contributed by atoms with Crippen LogP contribution in [-0.4, -0.2) is 25.1 Å². The summed E-state index contributed by atoms with van der Waals surface area (Å²) in [5.41, 5.74) is 1.17. The topological polar surface area (TPSA) is 36.3 Å². The van der Waals surface area contributed by atoms with Gasteiger partial charge in [-0.15, -0.1) is 0 Å². The van der Waals surface area contributed by atoms with Crippen molar-refractivity contribution in [1.29, 1.82) is 5.26 Å². The van der Waals surface area contributed by atoms with Crippen LogP contribution in [0.1, 0.15) is 12.5 Å². The second-order valence-electron chi connectivity index (χ2n) is 3.31. The van der Waals surface area contributed by atoms with Gasteiger partial charge in [-0.1, -0.05) is 19.1 Å². The number of hydrogen-bond donors (Lipinski definition) is 0. The molecule has 0 amide bonds. The van der Waals surface area contributed by atoms with Crippen molar-refractivity contribution in [3.8, 4) is 11.8 Å². The van der Waals surface area contributed by atoms with E-state index in [0.29, 0.717) is 6.54 Å². The third-order valence-electron chi connectivity index (χ3n) is 2.28. The number of nitrogens with zero attached hydrogens (tertiary/aromatic N) is 2. The van der Waals surface area contributed by atoms with Crippen LogP contribution in [0.15, 0.2) is 24.3 Å². The average Bonchev–Trinajstić information content (AvgIpc) is 2.29. The van der Waals surface area contributed by atoms with Crippen molar-refractivity contribution in [1.82, 2.24) is 4.90 Å². The van der Waals surface area contributed by atoms with E-state index >= 15 is 0 Å². The van der Waals surface area contributed by atoms with Crippen LogP contribution >= 0.6 is 0 Å². The zero-order valence-electron chi connectivity index (χ0n) is 9.23. The number of benzene rings is 1. The lowest BCUT2D eigenvalue weighted by atomic mass is 10.2. The van der Waals surface area contributed by atoms with Crippen LogP contribution in [0.3, 0.4) is 0 Å². The number of ether oxygens (including phenoxy) is 1. The van der Waals surface area contributed by atoms with Crippen LogP contribution in [0.4, 0.5) is 0 Å². The first-order valence-corrected chi connectivity index (χ1v) is 5.02. The number of hydrogen-bond acceptors (Lipinski definition) is 3. The van der Waals surface area contributed by atoms with Crippen LogP contribution in [0, 0.1) is 11.3 Å². The second-order valence-corrected chi connectivity index (χ2v) is 3.31. The van der Waals surface area contributed by atoms with Gasteiger partial charge in [-0.2, -0.15) is 5.26 Å². The summed E-state index contributed by atoms with van der Waals surface area (Å²) in [6, 6.07) is 10.1. The van der Waals surface area contributed by atoms with Crippen molar-refractivity contribution in [2.45, 2.75) is 13.5 Å². The van der Waals surface area contributed by atoms with Crippen molar-refractivity contribution < 1.29 is 4.74 Å². The Bertz CT molecular complexity index is 344. The maximum atomic E-state index is 8.63. The Morgan fingerprint density at radius 3 is 2.87 bits per heavy atom. The highest BCUT2D eigenvalue weighted by atomic mass is 16.5. The molecule has 0 N–H and O–H groups in total. The van der Waals surface area contributed by atoms with Crippen LogP contribution in [0.25, 0.3) is 0 Å². The average molecular weight is 204 g/mol. The summed E-state index contributed by atoms with van der Waals surface area (Å²) in [5, 5.41) is 8.63. The lowest BCUT2D eigenvalue weighted by Gasteiger charge is -2.16. The van der Waals surface area contributed by atoms with Crippen molar-refractivity contribution in [3.63, 3.8) is 0 Å². The molecule has 0 saturated carbocycles. The summed E-state index contributed by atoms with van der Waals surface area (Å²) >= 11 is 0. The fourth-order valence-electron chi connectivity index (χ4n) is 1.41. The van der Waals surface area contributed by atoms with Crippen molar-refractivity contribution in [2.24, 2.45) is 0 Å². The Morgan fingerprint density at radius 1 is 1.47 bits per heavy atom. The standard InChI is InChI=1S/C12H16N2O/c1-3-14(8-7-13)10-11-5-4-6-12(9-11)15-2/h4-6,9H,3,8,10H2,1-2H3. The van der Waals surface area contributed by atoms with Gasteiger partial charge in [0.1, 0.15) is 5.75 Å². The molecule has 0 saturated heterocycles. The lowest BCUT2D eigenvalue weighted by Crippen LogP contribution is -2.22. The molecule has 0 aromatic heterocycles. The van der Waals surface area contributed by atoms with Gasteiger partial charge in [0.15, 0.2) is 0 Å². The quantitative estimate of drug-likeness (QED) is 0.689. The maximum absolute atomic E-state index is 8.63. The molecule has 15 heavy (non-hydrogen) atoms. The molecule has 0 aliphatic rings. The summed E-state index contributed by atoms with van der Waals surface area (Å²) in [4.78, 5) is 2.08. The fraction of sp³-hybridized carbons (Fsp3) is 0.417. The SMILES string of the molecule is CCN(CC#N)Cc1cccc(OC)c1. The summed E-state index contributed by atoms with van der Waals surface area (Å²) in [5.74, 6) is 0.862. The highest BCUT2D eigenvalue weighted by molar-refractivity contribution is 5.28. The molecule has 1 rings (SSSR count). The van der Waals surface area contributed by atoms with Crippen LogP contribution in [0.5, 0.6) is 5.75 Å². The van der Waals surface area contributed by atoms with Crippen molar-refractivity contribution in [3.05, 3.63) is 29.8 Å². The fourth-order valence-corrected chi connectivity index (χ4v) is 1.41. The molecule has 0 aliphatic heterocycles. The van der Waals surface area contributed by atoms with Crippen molar-refractivity contribution in [2.75, 3.05) is 20.2 Å². The minimum absolute atomic E-state index is 0.466. The van der Waals surface area contributed by atoms with Crippen LogP contribution in [0.2, 0.25) is 0 Å². The number of rotatable bonds is 5. The molecule has 1 aromatic carbocycles. The van der Waals surface area contributed by atoms with E-state index in [-0.39, 0.29) is 0 Å². The van der Waals surface area contributed by atoms with E-state index in [1.54, 1.807) is 7.11 Å². The molecule has 0 unspecified atom stereocenters. The van der Waals surface area contributed by atoms with E-state index in [9.17, 15) is 0 Å². The lowest BCUT2D eigenvalue weighted by molar-refractivity contribution is 0.314. The molecular formula is C12H16N2O. The zero-order valence-corrected chi connectivity index (χ0v) is 9.23. The van der Waals surface area contributed by atoms with E-state index < -0.39 is 0 Å². The van der Waals surface area contributed by atoms with Gasteiger partial charge >= 0.3 is 0 Å². The number of methoxy groups -OCH3 is 1. The smallest absolute Gasteiger partial charge is 0.119 e. The molecule has 0 heterocycles. The first-order chi connectivity index (χ1) is 7.30. The van der Waals surface area contributed by atoms with Gasteiger partial charge in [0.2, 0.25) is 0 Å². The molecule has 0 fully saturated rings. The Labute approximate surface area is 90.9 Å². The van der Waals surface area contributed by atoms with Gasteiger partial charge in [0, 0.05) is 6.54 Å². The minimum Gasteiger partial charge on any atom is -0.497 e. The predicted octanol–water partition coefficient (Wildman–Crippen LogP) is 2.04. The Hall–Kier alpha value is -1.53. The molecule has 3 heteroatoms. The second kappa shape index (κ2) is 6.05. The Morgan fingerprint density at radius 2 is 2.27 bits per heavy atom. The van der Waals surface area contributed by atoms with Crippen molar-refractivity contribution >= 4 is 0 Å². The van der Waals surface area contributed by atoms with Crippen LogP contribution in [-0.2, 0) is 6.54 Å². The molecule has 0 spiro atoms. The summed E-state index contributed by atoms with van der Waals surface area (Å²) in [6.07, 6.45) is 0. The first-order valence-electron chi connectivity index (χ1n) is 5.02. The van der Waals surface area contributed by atoms with E-state index in [2.05, 4.69) is 17.9 Å².